The van der Waals surface area contributed by atoms with E-state index in [2.05, 4.69) is 120 Å². The molecular weight excluding hydrogens is 480 g/mol. The largest absolute Gasteiger partial charge is 0.321 e. The molecule has 208 valence electrons. The molecule has 0 saturated carbocycles. The van der Waals surface area contributed by atoms with Crippen molar-refractivity contribution in [2.75, 3.05) is 9.80 Å². The van der Waals surface area contributed by atoms with Gasteiger partial charge in [-0.2, -0.15) is 0 Å². The van der Waals surface area contributed by atoms with Crippen LogP contribution in [0.15, 0.2) is 60.4 Å². The third-order valence-electron chi connectivity index (χ3n) is 7.49. The summed E-state index contributed by atoms with van der Waals surface area (Å²) in [7, 11) is 0. The molecule has 1 aliphatic rings. The summed E-state index contributed by atoms with van der Waals surface area (Å²) in [5.41, 5.74) is 8.08. The number of allylic oxidation sites excluding steroid dienone is 1. The maximum absolute atomic E-state index is 12.9. The van der Waals surface area contributed by atoms with Crippen LogP contribution >= 0.6 is 0 Å². The van der Waals surface area contributed by atoms with Gasteiger partial charge in [-0.25, -0.2) is 0 Å². The van der Waals surface area contributed by atoms with Crippen molar-refractivity contribution >= 4 is 22.9 Å². The average Bonchev–Trinajstić information content (AvgIpc) is 3.27. The van der Waals surface area contributed by atoms with Crippen molar-refractivity contribution in [3.05, 3.63) is 89.1 Å². The normalized spacial score (nSPS) is 14.6. The molecule has 0 spiro atoms. The molecule has 0 fully saturated rings. The molecule has 1 aliphatic heterocycles. The topological polar surface area (TPSA) is 40.6 Å². The van der Waals surface area contributed by atoms with Crippen molar-refractivity contribution in [2.24, 2.45) is 0 Å². The molecule has 0 bridgehead atoms. The van der Waals surface area contributed by atoms with Gasteiger partial charge in [-0.15, -0.1) is 0 Å². The second-order valence-corrected chi connectivity index (χ2v) is 11.9. The molecule has 0 aliphatic carbocycles. The van der Waals surface area contributed by atoms with Crippen molar-refractivity contribution in [2.45, 2.75) is 105 Å². The lowest BCUT2D eigenvalue weighted by Gasteiger charge is -2.37. The molecular formula is C35H46N2O2. The third kappa shape index (κ3) is 6.72. The monoisotopic (exact) mass is 526 g/mol. The summed E-state index contributed by atoms with van der Waals surface area (Å²) in [4.78, 5) is 29.3. The lowest BCUT2D eigenvalue weighted by atomic mass is 9.90. The van der Waals surface area contributed by atoms with E-state index in [0.29, 0.717) is 29.2 Å². The van der Waals surface area contributed by atoms with E-state index in [1.165, 1.54) is 40.6 Å². The molecule has 0 unspecified atom stereocenters. The van der Waals surface area contributed by atoms with E-state index in [9.17, 15) is 9.59 Å². The molecule has 4 heteroatoms. The molecule has 4 nitrogen and oxygen atoms in total. The highest BCUT2D eigenvalue weighted by Crippen LogP contribution is 2.43. The molecule has 39 heavy (non-hydrogen) atoms. The number of ketones is 2. The van der Waals surface area contributed by atoms with E-state index in [4.69, 9.17) is 0 Å². The van der Waals surface area contributed by atoms with Crippen LogP contribution < -0.4 is 9.80 Å². The molecule has 2 aromatic rings. The van der Waals surface area contributed by atoms with E-state index in [-0.39, 0.29) is 24.2 Å². The number of benzene rings is 2. The Kier molecular flexibility index (Phi) is 9.98. The van der Waals surface area contributed by atoms with Crippen LogP contribution in [0.4, 0.5) is 11.4 Å². The van der Waals surface area contributed by atoms with Gasteiger partial charge >= 0.3 is 0 Å². The Labute approximate surface area is 236 Å². The van der Waals surface area contributed by atoms with E-state index in [1.807, 2.05) is 6.08 Å². The minimum absolute atomic E-state index is 0.0435. The Morgan fingerprint density at radius 3 is 1.36 bits per heavy atom. The second kappa shape index (κ2) is 12.8. The van der Waals surface area contributed by atoms with Crippen LogP contribution in [0.3, 0.4) is 0 Å². The summed E-state index contributed by atoms with van der Waals surface area (Å²) >= 11 is 0. The van der Waals surface area contributed by atoms with Gasteiger partial charge in [-0.05, 0) is 77.8 Å². The second-order valence-electron chi connectivity index (χ2n) is 11.9. The SMILES string of the molecule is CC(=O)[C]CC(=CC1N(c2c(C(C)C)cccc2C(C)C)C=CN1c1c(C(C)C)cccc1C(C)C)C(C)=O. The van der Waals surface area contributed by atoms with Gasteiger partial charge < -0.3 is 9.80 Å². The minimum atomic E-state index is -0.271. The van der Waals surface area contributed by atoms with Crippen molar-refractivity contribution < 1.29 is 9.59 Å². The van der Waals surface area contributed by atoms with Crippen LogP contribution in [0.1, 0.15) is 122 Å². The van der Waals surface area contributed by atoms with Gasteiger partial charge in [0, 0.05) is 23.8 Å². The number of para-hydroxylation sites is 2. The summed E-state index contributed by atoms with van der Waals surface area (Å²) in [5.74, 6) is 1.11. The molecule has 3 rings (SSSR count). The molecule has 2 aromatic carbocycles. The number of Topliss-reactive ketones (excluding diaryl/α,β-unsaturated/α-hetero) is 2. The fourth-order valence-electron chi connectivity index (χ4n) is 5.35. The first kappa shape index (κ1) is 30.4. The summed E-state index contributed by atoms with van der Waals surface area (Å²) in [6.45, 7) is 20.9. The van der Waals surface area contributed by atoms with Gasteiger partial charge in [0.05, 0.1) is 6.42 Å². The fraction of sp³-hybridized carbons (Fsp3) is 0.457. The Hall–Kier alpha value is -3.14. The smallest absolute Gasteiger partial charge is 0.155 e. The van der Waals surface area contributed by atoms with Gasteiger partial charge in [0.1, 0.15) is 11.9 Å². The van der Waals surface area contributed by atoms with Gasteiger partial charge in [0.25, 0.3) is 0 Å². The van der Waals surface area contributed by atoms with Crippen molar-refractivity contribution in [1.82, 2.24) is 0 Å². The first-order valence-corrected chi connectivity index (χ1v) is 14.3. The predicted octanol–water partition coefficient (Wildman–Crippen LogP) is 8.88. The van der Waals surface area contributed by atoms with Crippen LogP contribution in [0.5, 0.6) is 0 Å². The Bertz CT molecular complexity index is 1120. The molecule has 0 aromatic heterocycles. The minimum Gasteiger partial charge on any atom is -0.321 e. The summed E-state index contributed by atoms with van der Waals surface area (Å²) in [6.07, 6.45) is 9.13. The number of rotatable bonds is 11. The lowest BCUT2D eigenvalue weighted by Crippen LogP contribution is -2.40. The van der Waals surface area contributed by atoms with Crippen LogP contribution in [-0.4, -0.2) is 17.7 Å². The maximum atomic E-state index is 12.9. The Balaban J connectivity index is 2.33. The van der Waals surface area contributed by atoms with E-state index in [1.54, 1.807) is 6.92 Å². The lowest BCUT2D eigenvalue weighted by molar-refractivity contribution is -0.114. The zero-order chi connectivity index (χ0) is 29.0. The van der Waals surface area contributed by atoms with E-state index in [0.717, 1.165) is 0 Å². The summed E-state index contributed by atoms with van der Waals surface area (Å²) in [6, 6.07) is 13.2. The van der Waals surface area contributed by atoms with Crippen molar-refractivity contribution in [1.29, 1.82) is 0 Å². The van der Waals surface area contributed by atoms with Crippen molar-refractivity contribution in [3.63, 3.8) is 0 Å². The highest BCUT2D eigenvalue weighted by molar-refractivity contribution is 5.96. The number of hydrogen-bond acceptors (Lipinski definition) is 4. The molecule has 0 atom stereocenters. The number of anilines is 2. The Morgan fingerprint density at radius 2 is 1.08 bits per heavy atom. The molecule has 0 saturated heterocycles. The quantitative estimate of drug-likeness (QED) is 0.274. The van der Waals surface area contributed by atoms with Gasteiger partial charge in [0.15, 0.2) is 5.78 Å². The number of carbonyl (C=O) groups is 2. The number of nitrogens with zero attached hydrogens (tertiary/aromatic N) is 2. The molecule has 2 radical (unpaired) electrons. The Morgan fingerprint density at radius 1 is 0.718 bits per heavy atom. The molecule has 0 amide bonds. The van der Waals surface area contributed by atoms with Crippen LogP contribution in [-0.2, 0) is 9.59 Å². The van der Waals surface area contributed by atoms with Gasteiger partial charge in [-0.3, -0.25) is 9.59 Å². The highest BCUT2D eigenvalue weighted by atomic mass is 16.1. The third-order valence-corrected chi connectivity index (χ3v) is 7.49. The number of carbonyl (C=O) groups excluding carboxylic acids is 2. The first-order chi connectivity index (χ1) is 18.3. The average molecular weight is 527 g/mol. The molecule has 1 heterocycles. The van der Waals surface area contributed by atoms with Crippen molar-refractivity contribution in [3.8, 4) is 0 Å². The van der Waals surface area contributed by atoms with Crippen LogP contribution in [0.25, 0.3) is 0 Å². The van der Waals surface area contributed by atoms with E-state index < -0.39 is 0 Å². The first-order valence-electron chi connectivity index (χ1n) is 14.3. The zero-order valence-corrected chi connectivity index (χ0v) is 25.5. The zero-order valence-electron chi connectivity index (χ0n) is 25.5. The summed E-state index contributed by atoms with van der Waals surface area (Å²) in [5, 5.41) is 0. The fourth-order valence-corrected chi connectivity index (χ4v) is 5.35. The van der Waals surface area contributed by atoms with Gasteiger partial charge in [0.2, 0.25) is 0 Å². The van der Waals surface area contributed by atoms with Gasteiger partial charge in [-0.1, -0.05) is 91.8 Å². The molecule has 0 N–H and O–H groups in total. The maximum Gasteiger partial charge on any atom is 0.155 e. The van der Waals surface area contributed by atoms with Crippen LogP contribution in [0.2, 0.25) is 0 Å². The standard InChI is InChI=1S/C35H46N2O2/c1-22(2)29-13-11-14-30(23(3)4)34(29)36-19-20-37(33(36)21-28(27(10)39)18-17-26(9)38)35-31(24(5)6)15-12-16-32(35)25(7)8/h11-16,19-25,33H,18H2,1-10H3. The van der Waals surface area contributed by atoms with Crippen LogP contribution in [0, 0.1) is 6.42 Å². The number of hydrogen-bond donors (Lipinski definition) is 0. The predicted molar refractivity (Wildman–Crippen MR) is 164 cm³/mol. The summed E-state index contributed by atoms with van der Waals surface area (Å²) < 4.78 is 0. The van der Waals surface area contributed by atoms with E-state index >= 15 is 0 Å². The highest BCUT2D eigenvalue weighted by Gasteiger charge is 2.34.